The molecule has 0 radical (unpaired) electrons. The summed E-state index contributed by atoms with van der Waals surface area (Å²) in [4.78, 5) is 14.6. The van der Waals surface area contributed by atoms with Crippen LogP contribution >= 0.6 is 0 Å². The maximum atomic E-state index is 12.0. The molecule has 0 spiro atoms. The summed E-state index contributed by atoms with van der Waals surface area (Å²) >= 11 is 0. The van der Waals surface area contributed by atoms with Gasteiger partial charge in [0.15, 0.2) is 0 Å². The zero-order valence-corrected chi connectivity index (χ0v) is 15.7. The van der Waals surface area contributed by atoms with Crippen molar-refractivity contribution in [2.45, 2.75) is 45.6 Å². The second kappa shape index (κ2) is 8.00. The van der Waals surface area contributed by atoms with Gasteiger partial charge >= 0.3 is 5.69 Å². The van der Waals surface area contributed by atoms with Crippen LogP contribution in [0.25, 0.3) is 0 Å². The zero-order chi connectivity index (χ0) is 17.8. The Morgan fingerprint density at radius 1 is 1.20 bits per heavy atom. The molecule has 0 bridgehead atoms. The van der Waals surface area contributed by atoms with E-state index in [2.05, 4.69) is 47.3 Å². The monoisotopic (exact) mass is 342 g/mol. The third-order valence-electron chi connectivity index (χ3n) is 5.48. The van der Waals surface area contributed by atoms with Crippen molar-refractivity contribution in [3.8, 4) is 0 Å². The van der Waals surface area contributed by atoms with Crippen molar-refractivity contribution in [1.29, 1.82) is 0 Å². The molecule has 136 valence electrons. The number of nitrogens with zero attached hydrogens (tertiary/aromatic N) is 4. The average Bonchev–Trinajstić information content (AvgIpc) is 2.90. The van der Waals surface area contributed by atoms with E-state index in [1.54, 1.807) is 7.05 Å². The van der Waals surface area contributed by atoms with E-state index in [1.165, 1.54) is 23.1 Å². The first kappa shape index (κ1) is 17.9. The van der Waals surface area contributed by atoms with Gasteiger partial charge in [-0.15, -0.1) is 0 Å². The zero-order valence-electron chi connectivity index (χ0n) is 15.7. The maximum Gasteiger partial charge on any atom is 0.345 e. The first-order chi connectivity index (χ1) is 12.1. The summed E-state index contributed by atoms with van der Waals surface area (Å²) in [5.41, 5.74) is 1.43. The van der Waals surface area contributed by atoms with E-state index >= 15 is 0 Å². The Bertz CT molecular complexity index is 726. The lowest BCUT2D eigenvalue weighted by atomic mass is 9.92. The summed E-state index contributed by atoms with van der Waals surface area (Å²) in [5.74, 6) is 2.15. The van der Waals surface area contributed by atoms with Gasteiger partial charge in [0.1, 0.15) is 5.82 Å². The SMILES string of the molecule is CCn1c(CC2CCN(CC(C)c3ccccc3)CC2)nn(C)c1=O. The van der Waals surface area contributed by atoms with E-state index < -0.39 is 0 Å². The Labute approximate surface area is 150 Å². The first-order valence-electron chi connectivity index (χ1n) is 9.48. The number of rotatable bonds is 6. The maximum absolute atomic E-state index is 12.0. The van der Waals surface area contributed by atoms with Crippen LogP contribution in [0.1, 0.15) is 44.0 Å². The van der Waals surface area contributed by atoms with Crippen LogP contribution in [0.15, 0.2) is 35.1 Å². The predicted octanol–water partition coefficient (Wildman–Crippen LogP) is 2.66. The van der Waals surface area contributed by atoms with Crippen molar-refractivity contribution in [2.24, 2.45) is 13.0 Å². The van der Waals surface area contributed by atoms with Crippen molar-refractivity contribution < 1.29 is 0 Å². The minimum atomic E-state index is 0.00613. The highest BCUT2D eigenvalue weighted by molar-refractivity contribution is 5.19. The second-order valence-corrected chi connectivity index (χ2v) is 7.33. The van der Waals surface area contributed by atoms with Gasteiger partial charge in [0.05, 0.1) is 0 Å². The summed E-state index contributed by atoms with van der Waals surface area (Å²) in [7, 11) is 1.74. The molecule has 1 aromatic carbocycles. The summed E-state index contributed by atoms with van der Waals surface area (Å²) in [6.07, 6.45) is 3.30. The lowest BCUT2D eigenvalue weighted by molar-refractivity contribution is 0.175. The smallest absolute Gasteiger partial charge is 0.303 e. The molecule has 0 amide bonds. The van der Waals surface area contributed by atoms with Gasteiger partial charge in [0.25, 0.3) is 0 Å². The number of likely N-dealkylation sites (tertiary alicyclic amines) is 1. The Hall–Kier alpha value is -1.88. The second-order valence-electron chi connectivity index (χ2n) is 7.33. The highest BCUT2D eigenvalue weighted by atomic mass is 16.2. The number of piperidine rings is 1. The Kier molecular flexibility index (Phi) is 5.74. The summed E-state index contributed by atoms with van der Waals surface area (Å²) in [6, 6.07) is 10.8. The molecule has 5 nitrogen and oxygen atoms in total. The third kappa shape index (κ3) is 4.21. The van der Waals surface area contributed by atoms with Gasteiger partial charge in [-0.3, -0.25) is 4.57 Å². The molecule has 1 fully saturated rings. The normalized spacial score (nSPS) is 17.7. The Balaban J connectivity index is 1.52. The van der Waals surface area contributed by atoms with E-state index in [-0.39, 0.29) is 5.69 Å². The molecule has 1 unspecified atom stereocenters. The summed E-state index contributed by atoms with van der Waals surface area (Å²) < 4.78 is 3.28. The number of hydrogen-bond acceptors (Lipinski definition) is 3. The summed E-state index contributed by atoms with van der Waals surface area (Å²) in [6.45, 7) is 8.45. The number of hydrogen-bond donors (Lipinski definition) is 0. The van der Waals surface area contributed by atoms with Gasteiger partial charge in [-0.05, 0) is 50.3 Å². The lowest BCUT2D eigenvalue weighted by Crippen LogP contribution is -2.37. The fraction of sp³-hybridized carbons (Fsp3) is 0.600. The molecule has 5 heteroatoms. The molecule has 0 saturated carbocycles. The standard InChI is InChI=1S/C20H30N4O/c1-4-24-19(21-22(3)20(24)25)14-17-10-12-23(13-11-17)15-16(2)18-8-6-5-7-9-18/h5-9,16-17H,4,10-15H2,1-3H3. The molecule has 0 N–H and O–H groups in total. The molecular formula is C20H30N4O. The van der Waals surface area contributed by atoms with Crippen LogP contribution in [0, 0.1) is 5.92 Å². The fourth-order valence-electron chi connectivity index (χ4n) is 3.93. The Morgan fingerprint density at radius 3 is 2.52 bits per heavy atom. The molecule has 1 saturated heterocycles. The predicted molar refractivity (Wildman–Crippen MR) is 101 cm³/mol. The van der Waals surface area contributed by atoms with E-state index in [0.717, 1.165) is 31.9 Å². The minimum Gasteiger partial charge on any atom is -0.303 e. The van der Waals surface area contributed by atoms with Gasteiger partial charge in [-0.1, -0.05) is 37.3 Å². The average molecular weight is 342 g/mol. The van der Waals surface area contributed by atoms with Crippen LogP contribution in [0.4, 0.5) is 0 Å². The van der Waals surface area contributed by atoms with Crippen LogP contribution in [-0.2, 0) is 20.0 Å². The van der Waals surface area contributed by atoms with Crippen LogP contribution in [0.2, 0.25) is 0 Å². The van der Waals surface area contributed by atoms with E-state index in [9.17, 15) is 4.79 Å². The summed E-state index contributed by atoms with van der Waals surface area (Å²) in [5, 5.41) is 4.44. The number of benzene rings is 1. The highest BCUT2D eigenvalue weighted by Gasteiger charge is 2.23. The van der Waals surface area contributed by atoms with Gasteiger partial charge < -0.3 is 4.90 Å². The molecule has 3 rings (SSSR count). The quantitative estimate of drug-likeness (QED) is 0.810. The molecule has 1 aliphatic heterocycles. The van der Waals surface area contributed by atoms with Crippen LogP contribution in [0.5, 0.6) is 0 Å². The fourth-order valence-corrected chi connectivity index (χ4v) is 3.93. The first-order valence-corrected chi connectivity index (χ1v) is 9.48. The van der Waals surface area contributed by atoms with Gasteiger partial charge in [0.2, 0.25) is 0 Å². The molecule has 2 heterocycles. The lowest BCUT2D eigenvalue weighted by Gasteiger charge is -2.33. The van der Waals surface area contributed by atoms with Crippen molar-refractivity contribution in [2.75, 3.05) is 19.6 Å². The van der Waals surface area contributed by atoms with Crippen molar-refractivity contribution in [3.63, 3.8) is 0 Å². The Morgan fingerprint density at radius 2 is 1.88 bits per heavy atom. The molecule has 1 atom stereocenters. The minimum absolute atomic E-state index is 0.00613. The molecule has 1 aromatic heterocycles. The topological polar surface area (TPSA) is 43.1 Å². The molecule has 1 aliphatic rings. The number of aryl methyl sites for hydroxylation is 1. The van der Waals surface area contributed by atoms with Crippen LogP contribution < -0.4 is 5.69 Å². The van der Waals surface area contributed by atoms with E-state index in [1.807, 2.05) is 11.5 Å². The largest absolute Gasteiger partial charge is 0.345 e. The van der Waals surface area contributed by atoms with Gasteiger partial charge in [-0.2, -0.15) is 5.10 Å². The number of aromatic nitrogens is 3. The van der Waals surface area contributed by atoms with E-state index in [0.29, 0.717) is 18.4 Å². The van der Waals surface area contributed by atoms with Crippen molar-refractivity contribution >= 4 is 0 Å². The third-order valence-corrected chi connectivity index (χ3v) is 5.48. The molecular weight excluding hydrogens is 312 g/mol. The van der Waals surface area contributed by atoms with Crippen LogP contribution in [0.3, 0.4) is 0 Å². The van der Waals surface area contributed by atoms with Crippen molar-refractivity contribution in [1.82, 2.24) is 19.2 Å². The van der Waals surface area contributed by atoms with Gasteiger partial charge in [-0.25, -0.2) is 9.48 Å². The molecule has 25 heavy (non-hydrogen) atoms. The van der Waals surface area contributed by atoms with Gasteiger partial charge in [0, 0.05) is 26.6 Å². The molecule has 0 aliphatic carbocycles. The van der Waals surface area contributed by atoms with E-state index in [4.69, 9.17) is 0 Å². The highest BCUT2D eigenvalue weighted by Crippen LogP contribution is 2.23. The van der Waals surface area contributed by atoms with Crippen molar-refractivity contribution in [3.05, 3.63) is 52.2 Å². The van der Waals surface area contributed by atoms with Crippen LogP contribution in [-0.4, -0.2) is 38.9 Å². The molecule has 2 aromatic rings.